The van der Waals surface area contributed by atoms with Crippen LogP contribution >= 0.6 is 0 Å². The fourth-order valence-corrected chi connectivity index (χ4v) is 1.09. The third-order valence-corrected chi connectivity index (χ3v) is 1.89. The Morgan fingerprint density at radius 1 is 1.57 bits per heavy atom. The molecule has 1 atom stereocenters. The van der Waals surface area contributed by atoms with Crippen molar-refractivity contribution in [2.24, 2.45) is 5.11 Å². The Bertz CT molecular complexity index is 214. The topological polar surface area (TPSA) is 84.6 Å². The Kier molecular flexibility index (Phi) is 8.97. The largest absolute Gasteiger partial charge is 0.302 e. The van der Waals surface area contributed by atoms with E-state index in [1.54, 1.807) is 0 Å². The Balaban J connectivity index is 3.43. The lowest BCUT2D eigenvalue weighted by Gasteiger charge is -2.09. The van der Waals surface area contributed by atoms with E-state index >= 15 is 0 Å². The van der Waals surface area contributed by atoms with E-state index in [9.17, 15) is 0 Å². The first-order valence-electron chi connectivity index (χ1n) is 4.99. The summed E-state index contributed by atoms with van der Waals surface area (Å²) in [5.74, 6) is 0. The van der Waals surface area contributed by atoms with Crippen molar-refractivity contribution in [3.63, 3.8) is 0 Å². The van der Waals surface area contributed by atoms with E-state index < -0.39 is 0 Å². The van der Waals surface area contributed by atoms with Crippen LogP contribution in [0.1, 0.15) is 32.6 Å². The van der Waals surface area contributed by atoms with Crippen LogP contribution in [0.25, 0.3) is 10.4 Å². The van der Waals surface area contributed by atoms with Crippen LogP contribution in [0.15, 0.2) is 5.11 Å². The van der Waals surface area contributed by atoms with Gasteiger partial charge in [-0.3, -0.25) is 0 Å². The second-order valence-electron chi connectivity index (χ2n) is 3.09. The minimum Gasteiger partial charge on any atom is -0.302 e. The number of unbranched alkanes of at least 4 members (excludes halogenated alkanes) is 1. The summed E-state index contributed by atoms with van der Waals surface area (Å²) < 4.78 is 0. The number of azide groups is 1. The highest BCUT2D eigenvalue weighted by atomic mass is 15.1. The Morgan fingerprint density at radius 3 is 2.93 bits per heavy atom. The molecule has 1 N–H and O–H groups in total. The van der Waals surface area contributed by atoms with E-state index in [2.05, 4.69) is 28.3 Å². The highest BCUT2D eigenvalue weighted by Gasteiger charge is 2.03. The molecule has 0 rings (SSSR count). The van der Waals surface area contributed by atoms with Gasteiger partial charge in [0.05, 0.1) is 12.1 Å². The molecule has 5 nitrogen and oxygen atoms in total. The normalized spacial score (nSPS) is 11.4. The van der Waals surface area contributed by atoms with Crippen molar-refractivity contribution >= 4 is 0 Å². The summed E-state index contributed by atoms with van der Waals surface area (Å²) in [6.07, 6.45) is 3.86. The molecule has 0 spiro atoms. The van der Waals surface area contributed by atoms with Gasteiger partial charge in [-0.15, -0.1) is 0 Å². The van der Waals surface area contributed by atoms with Crippen molar-refractivity contribution in [3.05, 3.63) is 10.4 Å². The summed E-state index contributed by atoms with van der Waals surface area (Å²) in [4.78, 5) is 2.65. The highest BCUT2D eigenvalue weighted by Crippen LogP contribution is 1.99. The maximum Gasteiger partial charge on any atom is 0.0952 e. The second kappa shape index (κ2) is 9.85. The molecule has 0 aliphatic carbocycles. The Hall–Kier alpha value is -1.24. The maximum absolute atomic E-state index is 8.76. The van der Waals surface area contributed by atoms with E-state index in [1.165, 1.54) is 0 Å². The molecule has 0 amide bonds. The van der Waals surface area contributed by atoms with Crippen LogP contribution in [-0.4, -0.2) is 19.1 Å². The monoisotopic (exact) mass is 195 g/mol. The Labute approximate surface area is 84.7 Å². The number of nitriles is 1. The standard InChI is InChI=1S/C9H17N5/c1-2-3-5-9(8-10)12-6-4-7-13-14-11/h9,12H,2-7H2,1H3. The summed E-state index contributed by atoms with van der Waals surface area (Å²) in [5, 5.41) is 15.3. The lowest BCUT2D eigenvalue weighted by Crippen LogP contribution is -2.28. The van der Waals surface area contributed by atoms with Gasteiger partial charge in [0.2, 0.25) is 0 Å². The third kappa shape index (κ3) is 7.41. The highest BCUT2D eigenvalue weighted by molar-refractivity contribution is 4.89. The summed E-state index contributed by atoms with van der Waals surface area (Å²) in [7, 11) is 0. The van der Waals surface area contributed by atoms with Gasteiger partial charge >= 0.3 is 0 Å². The maximum atomic E-state index is 8.76. The fraction of sp³-hybridized carbons (Fsp3) is 0.889. The van der Waals surface area contributed by atoms with Crippen LogP contribution in [0.5, 0.6) is 0 Å². The molecule has 0 aromatic heterocycles. The van der Waals surface area contributed by atoms with Crippen molar-refractivity contribution in [1.82, 2.24) is 5.32 Å². The van der Waals surface area contributed by atoms with Crippen molar-refractivity contribution in [3.8, 4) is 6.07 Å². The fourth-order valence-electron chi connectivity index (χ4n) is 1.09. The summed E-state index contributed by atoms with van der Waals surface area (Å²) in [6, 6.07) is 2.16. The molecule has 0 fully saturated rings. The van der Waals surface area contributed by atoms with Crippen molar-refractivity contribution in [2.75, 3.05) is 13.1 Å². The van der Waals surface area contributed by atoms with Gasteiger partial charge in [-0.05, 0) is 24.9 Å². The van der Waals surface area contributed by atoms with E-state index in [0.29, 0.717) is 6.54 Å². The zero-order valence-electron chi connectivity index (χ0n) is 8.61. The van der Waals surface area contributed by atoms with Gasteiger partial charge in [0, 0.05) is 11.5 Å². The minimum absolute atomic E-state index is 0.0546. The van der Waals surface area contributed by atoms with E-state index in [0.717, 1.165) is 32.2 Å². The van der Waals surface area contributed by atoms with E-state index in [-0.39, 0.29) is 6.04 Å². The second-order valence-corrected chi connectivity index (χ2v) is 3.09. The average Bonchev–Trinajstić information content (AvgIpc) is 2.22. The first-order valence-corrected chi connectivity index (χ1v) is 4.99. The molecule has 14 heavy (non-hydrogen) atoms. The summed E-state index contributed by atoms with van der Waals surface area (Å²) in [5.41, 5.74) is 8.02. The van der Waals surface area contributed by atoms with Crippen molar-refractivity contribution < 1.29 is 0 Å². The molecule has 5 heteroatoms. The summed E-state index contributed by atoms with van der Waals surface area (Å²) in [6.45, 7) is 3.34. The van der Waals surface area contributed by atoms with Gasteiger partial charge in [-0.1, -0.05) is 24.9 Å². The Morgan fingerprint density at radius 2 is 2.36 bits per heavy atom. The summed E-state index contributed by atoms with van der Waals surface area (Å²) >= 11 is 0. The average molecular weight is 195 g/mol. The number of rotatable bonds is 8. The van der Waals surface area contributed by atoms with Gasteiger partial charge in [-0.25, -0.2) is 0 Å². The smallest absolute Gasteiger partial charge is 0.0952 e. The predicted molar refractivity (Wildman–Crippen MR) is 55.6 cm³/mol. The first-order chi connectivity index (χ1) is 6.85. The van der Waals surface area contributed by atoms with Gasteiger partial charge in [0.15, 0.2) is 0 Å². The molecule has 1 unspecified atom stereocenters. The van der Waals surface area contributed by atoms with E-state index in [4.69, 9.17) is 10.8 Å². The number of hydrogen-bond acceptors (Lipinski definition) is 3. The van der Waals surface area contributed by atoms with Crippen molar-refractivity contribution in [1.29, 1.82) is 5.26 Å². The molecule has 0 aliphatic heterocycles. The van der Waals surface area contributed by atoms with Gasteiger partial charge in [0.1, 0.15) is 0 Å². The molecule has 78 valence electrons. The van der Waals surface area contributed by atoms with Crippen LogP contribution in [0.2, 0.25) is 0 Å². The van der Waals surface area contributed by atoms with Gasteiger partial charge in [0.25, 0.3) is 0 Å². The number of nitrogens with zero attached hydrogens (tertiary/aromatic N) is 4. The molecule has 0 heterocycles. The minimum atomic E-state index is -0.0546. The van der Waals surface area contributed by atoms with E-state index in [1.807, 2.05) is 0 Å². The lowest BCUT2D eigenvalue weighted by molar-refractivity contribution is 0.534. The quantitative estimate of drug-likeness (QED) is 0.279. The van der Waals surface area contributed by atoms with Crippen molar-refractivity contribution in [2.45, 2.75) is 38.6 Å². The first kappa shape index (κ1) is 12.8. The molecule has 0 saturated carbocycles. The van der Waals surface area contributed by atoms with Crippen LogP contribution < -0.4 is 5.32 Å². The third-order valence-electron chi connectivity index (χ3n) is 1.89. The molecule has 0 aliphatic rings. The van der Waals surface area contributed by atoms with Gasteiger partial charge in [-0.2, -0.15) is 5.26 Å². The van der Waals surface area contributed by atoms with Crippen LogP contribution in [-0.2, 0) is 0 Å². The molecule has 0 aromatic carbocycles. The molecule has 0 bridgehead atoms. The number of nitrogens with one attached hydrogen (secondary N) is 1. The SMILES string of the molecule is CCCCC(C#N)NCCCN=[N+]=[N-]. The molecular weight excluding hydrogens is 178 g/mol. The molecular formula is C9H17N5. The number of hydrogen-bond donors (Lipinski definition) is 1. The van der Waals surface area contributed by atoms with Crippen LogP contribution in [0.4, 0.5) is 0 Å². The van der Waals surface area contributed by atoms with Gasteiger partial charge < -0.3 is 5.32 Å². The zero-order chi connectivity index (χ0) is 10.6. The zero-order valence-corrected chi connectivity index (χ0v) is 8.61. The lowest BCUT2D eigenvalue weighted by atomic mass is 10.1. The molecule has 0 radical (unpaired) electrons. The molecule has 0 aromatic rings. The molecule has 0 saturated heterocycles. The predicted octanol–water partition coefficient (Wildman–Crippen LogP) is 2.36. The van der Waals surface area contributed by atoms with Crippen LogP contribution in [0.3, 0.4) is 0 Å². The van der Waals surface area contributed by atoms with Crippen LogP contribution in [0, 0.1) is 11.3 Å².